The van der Waals surface area contributed by atoms with Gasteiger partial charge in [0.15, 0.2) is 0 Å². The van der Waals surface area contributed by atoms with Gasteiger partial charge >= 0.3 is 0 Å². The van der Waals surface area contributed by atoms with E-state index >= 15 is 0 Å². The first-order valence-corrected chi connectivity index (χ1v) is 6.92. The Balaban J connectivity index is 2.23. The SMILES string of the molecule is COc1ccc(NC(C)=O)cc1NC(=O)c1ccc([N+](=O)[O-])cc1. The van der Waals surface area contributed by atoms with E-state index in [1.54, 1.807) is 18.2 Å². The van der Waals surface area contributed by atoms with E-state index in [0.29, 0.717) is 17.1 Å². The molecule has 0 aliphatic rings. The van der Waals surface area contributed by atoms with Crippen molar-refractivity contribution in [2.24, 2.45) is 0 Å². The van der Waals surface area contributed by atoms with Gasteiger partial charge in [-0.2, -0.15) is 0 Å². The van der Waals surface area contributed by atoms with Gasteiger partial charge in [-0.25, -0.2) is 0 Å². The van der Waals surface area contributed by atoms with Crippen LogP contribution >= 0.6 is 0 Å². The van der Waals surface area contributed by atoms with Gasteiger partial charge in [-0.15, -0.1) is 0 Å². The van der Waals surface area contributed by atoms with E-state index in [-0.39, 0.29) is 17.2 Å². The molecule has 0 spiro atoms. The molecular weight excluding hydrogens is 314 g/mol. The third kappa shape index (κ3) is 4.07. The zero-order chi connectivity index (χ0) is 17.7. The quantitative estimate of drug-likeness (QED) is 0.647. The molecule has 0 aromatic heterocycles. The number of rotatable bonds is 5. The average molecular weight is 329 g/mol. The van der Waals surface area contributed by atoms with Crippen molar-refractivity contribution in [3.05, 3.63) is 58.1 Å². The second-order valence-corrected chi connectivity index (χ2v) is 4.85. The highest BCUT2D eigenvalue weighted by molar-refractivity contribution is 6.05. The number of anilines is 2. The summed E-state index contributed by atoms with van der Waals surface area (Å²) < 4.78 is 5.18. The zero-order valence-electron chi connectivity index (χ0n) is 13.0. The van der Waals surface area contributed by atoms with Gasteiger partial charge in [-0.3, -0.25) is 19.7 Å². The number of nitro groups is 1. The molecule has 0 fully saturated rings. The molecule has 0 unspecified atom stereocenters. The number of nitro benzene ring substituents is 1. The Hall–Kier alpha value is -3.42. The topological polar surface area (TPSA) is 111 Å². The Morgan fingerprint density at radius 2 is 1.75 bits per heavy atom. The van der Waals surface area contributed by atoms with Gasteiger partial charge in [-0.05, 0) is 30.3 Å². The van der Waals surface area contributed by atoms with E-state index in [9.17, 15) is 19.7 Å². The summed E-state index contributed by atoms with van der Waals surface area (Å²) in [6, 6.07) is 10.0. The molecule has 0 aliphatic heterocycles. The monoisotopic (exact) mass is 329 g/mol. The van der Waals surface area contributed by atoms with Crippen LogP contribution in [0, 0.1) is 10.1 Å². The standard InChI is InChI=1S/C16H15N3O5/c1-10(20)17-12-5-8-15(24-2)14(9-12)18-16(21)11-3-6-13(7-4-11)19(22)23/h3-9H,1-2H3,(H,17,20)(H,18,21). The van der Waals surface area contributed by atoms with E-state index in [2.05, 4.69) is 10.6 Å². The largest absolute Gasteiger partial charge is 0.495 e. The molecule has 8 nitrogen and oxygen atoms in total. The molecule has 2 amide bonds. The van der Waals surface area contributed by atoms with Gasteiger partial charge in [0.05, 0.1) is 17.7 Å². The van der Waals surface area contributed by atoms with Crippen molar-refractivity contribution in [1.82, 2.24) is 0 Å². The first kappa shape index (κ1) is 16.9. The summed E-state index contributed by atoms with van der Waals surface area (Å²) in [5, 5.41) is 15.9. The van der Waals surface area contributed by atoms with Gasteiger partial charge in [-0.1, -0.05) is 0 Å². The van der Waals surface area contributed by atoms with Crippen LogP contribution in [0.15, 0.2) is 42.5 Å². The van der Waals surface area contributed by atoms with E-state index in [4.69, 9.17) is 4.74 Å². The molecule has 0 saturated heterocycles. The minimum atomic E-state index is -0.540. The number of ether oxygens (including phenoxy) is 1. The van der Waals surface area contributed by atoms with Crippen molar-refractivity contribution >= 4 is 28.9 Å². The lowest BCUT2D eigenvalue weighted by molar-refractivity contribution is -0.384. The Labute approximate surface area is 137 Å². The van der Waals surface area contributed by atoms with Crippen LogP contribution in [0.3, 0.4) is 0 Å². The summed E-state index contributed by atoms with van der Waals surface area (Å²) in [6.45, 7) is 1.37. The molecule has 0 saturated carbocycles. The molecule has 24 heavy (non-hydrogen) atoms. The van der Waals surface area contributed by atoms with E-state index in [1.165, 1.54) is 38.3 Å². The molecule has 124 valence electrons. The number of carbonyl (C=O) groups is 2. The van der Waals surface area contributed by atoms with Crippen LogP contribution in [-0.4, -0.2) is 23.8 Å². The molecule has 0 heterocycles. The van der Waals surface area contributed by atoms with Gasteiger partial charge in [0.2, 0.25) is 5.91 Å². The fourth-order valence-electron chi connectivity index (χ4n) is 2.02. The van der Waals surface area contributed by atoms with Crippen molar-refractivity contribution in [1.29, 1.82) is 0 Å². The summed E-state index contributed by atoms with van der Waals surface area (Å²) in [7, 11) is 1.45. The van der Waals surface area contributed by atoms with Crippen LogP contribution in [0.25, 0.3) is 0 Å². The van der Waals surface area contributed by atoms with E-state index < -0.39 is 10.8 Å². The fourth-order valence-corrected chi connectivity index (χ4v) is 2.02. The maximum Gasteiger partial charge on any atom is 0.269 e. The number of nitrogens with zero attached hydrogens (tertiary/aromatic N) is 1. The minimum absolute atomic E-state index is 0.100. The number of amides is 2. The van der Waals surface area contributed by atoms with Crippen LogP contribution in [0.2, 0.25) is 0 Å². The predicted molar refractivity (Wildman–Crippen MR) is 88.3 cm³/mol. The number of methoxy groups -OCH3 is 1. The van der Waals surface area contributed by atoms with Crippen molar-refractivity contribution in [2.75, 3.05) is 17.7 Å². The van der Waals surface area contributed by atoms with Gasteiger partial charge < -0.3 is 15.4 Å². The lowest BCUT2D eigenvalue weighted by atomic mass is 10.2. The molecule has 2 rings (SSSR count). The van der Waals surface area contributed by atoms with Crippen molar-refractivity contribution in [3.8, 4) is 5.75 Å². The Kier molecular flexibility index (Phi) is 5.10. The molecule has 8 heteroatoms. The fraction of sp³-hybridized carbons (Fsp3) is 0.125. The van der Waals surface area contributed by atoms with Crippen LogP contribution in [0.5, 0.6) is 5.75 Å². The minimum Gasteiger partial charge on any atom is -0.495 e. The Morgan fingerprint density at radius 1 is 1.08 bits per heavy atom. The molecule has 2 aromatic carbocycles. The highest BCUT2D eigenvalue weighted by atomic mass is 16.6. The van der Waals surface area contributed by atoms with E-state index in [0.717, 1.165) is 0 Å². The Morgan fingerprint density at radius 3 is 2.29 bits per heavy atom. The molecule has 2 aromatic rings. The summed E-state index contributed by atoms with van der Waals surface area (Å²) in [5.41, 5.74) is 1.03. The first-order chi connectivity index (χ1) is 11.4. The third-order valence-electron chi connectivity index (χ3n) is 3.11. The lowest BCUT2D eigenvalue weighted by Gasteiger charge is -2.12. The first-order valence-electron chi connectivity index (χ1n) is 6.92. The van der Waals surface area contributed by atoms with E-state index in [1.807, 2.05) is 0 Å². The zero-order valence-corrected chi connectivity index (χ0v) is 13.0. The van der Waals surface area contributed by atoms with Crippen LogP contribution in [0.4, 0.5) is 17.1 Å². The molecular formula is C16H15N3O5. The lowest BCUT2D eigenvalue weighted by Crippen LogP contribution is -2.13. The van der Waals surface area contributed by atoms with Gasteiger partial charge in [0.1, 0.15) is 5.75 Å². The third-order valence-corrected chi connectivity index (χ3v) is 3.11. The highest BCUT2D eigenvalue weighted by Crippen LogP contribution is 2.28. The van der Waals surface area contributed by atoms with Crippen LogP contribution in [-0.2, 0) is 4.79 Å². The number of hydrogen-bond donors (Lipinski definition) is 2. The molecule has 2 N–H and O–H groups in total. The van der Waals surface area contributed by atoms with Crippen molar-refractivity contribution in [2.45, 2.75) is 6.92 Å². The summed E-state index contributed by atoms with van der Waals surface area (Å²) in [5.74, 6) is -0.282. The van der Waals surface area contributed by atoms with Gasteiger partial charge in [0.25, 0.3) is 11.6 Å². The molecule has 0 atom stereocenters. The van der Waals surface area contributed by atoms with Crippen LogP contribution in [0.1, 0.15) is 17.3 Å². The summed E-state index contributed by atoms with van der Waals surface area (Å²) >= 11 is 0. The second-order valence-electron chi connectivity index (χ2n) is 4.85. The molecule has 0 bridgehead atoms. The van der Waals surface area contributed by atoms with Crippen molar-refractivity contribution < 1.29 is 19.2 Å². The number of non-ortho nitro benzene ring substituents is 1. The number of benzene rings is 2. The Bertz CT molecular complexity index is 787. The molecule has 0 aliphatic carbocycles. The maximum atomic E-state index is 12.3. The second kappa shape index (κ2) is 7.23. The highest BCUT2D eigenvalue weighted by Gasteiger charge is 2.13. The van der Waals surface area contributed by atoms with Crippen molar-refractivity contribution in [3.63, 3.8) is 0 Å². The van der Waals surface area contributed by atoms with Crippen LogP contribution < -0.4 is 15.4 Å². The number of hydrogen-bond acceptors (Lipinski definition) is 5. The smallest absolute Gasteiger partial charge is 0.269 e. The summed E-state index contributed by atoms with van der Waals surface area (Å²) in [4.78, 5) is 33.5. The average Bonchev–Trinajstić information content (AvgIpc) is 2.54. The maximum absolute atomic E-state index is 12.3. The number of nitrogens with one attached hydrogen (secondary N) is 2. The number of carbonyl (C=O) groups excluding carboxylic acids is 2. The predicted octanol–water partition coefficient (Wildman–Crippen LogP) is 2.81. The normalized spacial score (nSPS) is 9.92. The molecule has 0 radical (unpaired) electrons. The summed E-state index contributed by atoms with van der Waals surface area (Å²) in [6.07, 6.45) is 0. The van der Waals surface area contributed by atoms with Gasteiger partial charge in [0, 0.05) is 30.3 Å².